The number of aryl methyl sites for hydroxylation is 2. The van der Waals surface area contributed by atoms with Crippen molar-refractivity contribution in [2.75, 3.05) is 0 Å². The van der Waals surface area contributed by atoms with Crippen molar-refractivity contribution in [2.24, 2.45) is 7.05 Å². The number of fused-ring (bicyclic) bond motifs is 1. The first-order valence-corrected chi connectivity index (χ1v) is 5.57. The Hall–Kier alpha value is -2.16. The second-order valence-electron chi connectivity index (χ2n) is 4.31. The van der Waals surface area contributed by atoms with E-state index in [9.17, 15) is 0 Å². The Balaban J connectivity index is 2.35. The Morgan fingerprint density at radius 2 is 2.06 bits per heavy atom. The molecule has 2 aromatic heterocycles. The number of aromatic nitrogens is 3. The average Bonchev–Trinajstić information content (AvgIpc) is 2.74. The highest BCUT2D eigenvalue weighted by Gasteiger charge is 2.06. The van der Waals surface area contributed by atoms with Gasteiger partial charge in [0.15, 0.2) is 0 Å². The highest BCUT2D eigenvalue weighted by atomic mass is 15.2. The lowest BCUT2D eigenvalue weighted by atomic mass is 9.99. The summed E-state index contributed by atoms with van der Waals surface area (Å²) in [5.74, 6) is 0. The van der Waals surface area contributed by atoms with Crippen LogP contribution in [0, 0.1) is 6.92 Å². The number of rotatable bonds is 1. The van der Waals surface area contributed by atoms with Crippen molar-refractivity contribution in [3.63, 3.8) is 0 Å². The van der Waals surface area contributed by atoms with Crippen molar-refractivity contribution in [1.29, 1.82) is 0 Å². The molecule has 17 heavy (non-hydrogen) atoms. The lowest BCUT2D eigenvalue weighted by molar-refractivity contribution is 0.768. The van der Waals surface area contributed by atoms with E-state index in [0.717, 1.165) is 5.56 Å². The third kappa shape index (κ3) is 1.69. The van der Waals surface area contributed by atoms with E-state index in [0.29, 0.717) is 0 Å². The molecular formula is C14H13N3. The molecule has 3 nitrogen and oxygen atoms in total. The maximum atomic E-state index is 4.23. The normalized spacial score (nSPS) is 10.9. The van der Waals surface area contributed by atoms with Gasteiger partial charge in [-0.1, -0.05) is 6.07 Å². The zero-order valence-electron chi connectivity index (χ0n) is 9.88. The predicted molar refractivity (Wildman–Crippen MR) is 68.7 cm³/mol. The molecular weight excluding hydrogens is 210 g/mol. The van der Waals surface area contributed by atoms with Gasteiger partial charge in [0.05, 0.1) is 6.20 Å². The van der Waals surface area contributed by atoms with E-state index in [1.807, 2.05) is 36.5 Å². The molecule has 0 radical (unpaired) electrons. The molecule has 0 atom stereocenters. The molecule has 0 fully saturated rings. The zero-order chi connectivity index (χ0) is 11.8. The Morgan fingerprint density at radius 3 is 2.82 bits per heavy atom. The smallest absolute Gasteiger partial charge is 0.0568 e. The quantitative estimate of drug-likeness (QED) is 0.635. The van der Waals surface area contributed by atoms with Gasteiger partial charge in [-0.3, -0.25) is 9.67 Å². The predicted octanol–water partition coefficient (Wildman–Crippen LogP) is 2.94. The molecule has 0 N–H and O–H groups in total. The fourth-order valence-electron chi connectivity index (χ4n) is 2.16. The van der Waals surface area contributed by atoms with Gasteiger partial charge in [0.1, 0.15) is 0 Å². The summed E-state index contributed by atoms with van der Waals surface area (Å²) in [7, 11) is 1.93. The molecule has 0 aliphatic carbocycles. The van der Waals surface area contributed by atoms with Crippen molar-refractivity contribution in [1.82, 2.24) is 14.8 Å². The summed E-state index contributed by atoms with van der Waals surface area (Å²) in [6, 6.07) is 6.40. The largest absolute Gasteiger partial charge is 0.275 e. The van der Waals surface area contributed by atoms with E-state index in [2.05, 4.69) is 35.2 Å². The van der Waals surface area contributed by atoms with Gasteiger partial charge in [-0.15, -0.1) is 0 Å². The summed E-state index contributed by atoms with van der Waals surface area (Å²) in [4.78, 5) is 4.17. The number of pyridine rings is 1. The minimum Gasteiger partial charge on any atom is -0.275 e. The van der Waals surface area contributed by atoms with Crippen molar-refractivity contribution in [2.45, 2.75) is 6.92 Å². The lowest BCUT2D eigenvalue weighted by Gasteiger charge is -2.06. The summed E-state index contributed by atoms with van der Waals surface area (Å²) in [5.41, 5.74) is 3.60. The Kier molecular flexibility index (Phi) is 2.18. The van der Waals surface area contributed by atoms with Crippen LogP contribution in [0.5, 0.6) is 0 Å². The highest BCUT2D eigenvalue weighted by Crippen LogP contribution is 2.29. The van der Waals surface area contributed by atoms with Crippen molar-refractivity contribution in [3.8, 4) is 11.1 Å². The van der Waals surface area contributed by atoms with Gasteiger partial charge in [0.25, 0.3) is 0 Å². The Bertz CT molecular complexity index is 683. The fourth-order valence-corrected chi connectivity index (χ4v) is 2.16. The van der Waals surface area contributed by atoms with Crippen LogP contribution in [0.4, 0.5) is 0 Å². The first-order chi connectivity index (χ1) is 8.24. The monoisotopic (exact) mass is 223 g/mol. The number of benzene rings is 1. The standard InChI is InChI=1S/C14H13N3/c1-10-5-11-7-15-4-3-13(11)14(6-10)12-8-16-17(2)9-12/h3-9H,1-2H3. The first kappa shape index (κ1) is 10.0. The summed E-state index contributed by atoms with van der Waals surface area (Å²) in [6.07, 6.45) is 7.67. The third-order valence-electron chi connectivity index (χ3n) is 2.91. The van der Waals surface area contributed by atoms with Crippen LogP contribution < -0.4 is 0 Å². The van der Waals surface area contributed by atoms with Crippen LogP contribution in [0.25, 0.3) is 21.9 Å². The van der Waals surface area contributed by atoms with Crippen molar-refractivity contribution >= 4 is 10.8 Å². The van der Waals surface area contributed by atoms with E-state index in [4.69, 9.17) is 0 Å². The fraction of sp³-hybridized carbons (Fsp3) is 0.143. The van der Waals surface area contributed by atoms with Gasteiger partial charge in [0, 0.05) is 36.6 Å². The van der Waals surface area contributed by atoms with Crippen LogP contribution in [-0.2, 0) is 7.05 Å². The van der Waals surface area contributed by atoms with E-state index in [1.165, 1.54) is 21.9 Å². The molecule has 3 rings (SSSR count). The number of hydrogen-bond donors (Lipinski definition) is 0. The van der Waals surface area contributed by atoms with Crippen molar-refractivity contribution in [3.05, 3.63) is 48.5 Å². The zero-order valence-corrected chi connectivity index (χ0v) is 9.88. The van der Waals surface area contributed by atoms with E-state index in [-0.39, 0.29) is 0 Å². The molecule has 0 aliphatic rings. The van der Waals surface area contributed by atoms with E-state index < -0.39 is 0 Å². The average molecular weight is 223 g/mol. The molecule has 3 heteroatoms. The van der Waals surface area contributed by atoms with Crippen LogP contribution >= 0.6 is 0 Å². The minimum atomic E-state index is 1.15. The molecule has 0 saturated carbocycles. The second-order valence-corrected chi connectivity index (χ2v) is 4.31. The van der Waals surface area contributed by atoms with Gasteiger partial charge in [-0.25, -0.2) is 0 Å². The van der Waals surface area contributed by atoms with Gasteiger partial charge in [0.2, 0.25) is 0 Å². The van der Waals surface area contributed by atoms with Gasteiger partial charge < -0.3 is 0 Å². The number of hydrogen-bond acceptors (Lipinski definition) is 2. The molecule has 0 bridgehead atoms. The van der Waals surface area contributed by atoms with Gasteiger partial charge in [-0.05, 0) is 35.6 Å². The summed E-state index contributed by atoms with van der Waals surface area (Å²) in [6.45, 7) is 2.10. The SMILES string of the molecule is Cc1cc(-c2cnn(C)c2)c2ccncc2c1. The lowest BCUT2D eigenvalue weighted by Crippen LogP contribution is -1.85. The third-order valence-corrected chi connectivity index (χ3v) is 2.91. The van der Waals surface area contributed by atoms with Crippen LogP contribution in [0.2, 0.25) is 0 Å². The van der Waals surface area contributed by atoms with Crippen LogP contribution in [-0.4, -0.2) is 14.8 Å². The maximum absolute atomic E-state index is 4.23. The summed E-state index contributed by atoms with van der Waals surface area (Å²) >= 11 is 0. The topological polar surface area (TPSA) is 30.7 Å². The first-order valence-electron chi connectivity index (χ1n) is 5.57. The summed E-state index contributed by atoms with van der Waals surface area (Å²) in [5, 5.41) is 6.62. The molecule has 0 amide bonds. The molecule has 1 aromatic carbocycles. The number of nitrogens with zero attached hydrogens (tertiary/aromatic N) is 3. The maximum Gasteiger partial charge on any atom is 0.0568 e. The molecule has 0 unspecified atom stereocenters. The van der Waals surface area contributed by atoms with E-state index >= 15 is 0 Å². The molecule has 0 saturated heterocycles. The molecule has 2 heterocycles. The van der Waals surface area contributed by atoms with Crippen LogP contribution in [0.3, 0.4) is 0 Å². The van der Waals surface area contributed by atoms with Gasteiger partial charge >= 0.3 is 0 Å². The Morgan fingerprint density at radius 1 is 1.18 bits per heavy atom. The van der Waals surface area contributed by atoms with Crippen LogP contribution in [0.15, 0.2) is 43.0 Å². The molecule has 84 valence electrons. The second kappa shape index (κ2) is 3.70. The molecule has 3 aromatic rings. The molecule has 0 spiro atoms. The highest BCUT2D eigenvalue weighted by molar-refractivity contribution is 5.96. The summed E-state index contributed by atoms with van der Waals surface area (Å²) < 4.78 is 1.82. The Labute approximate surface area is 99.7 Å². The van der Waals surface area contributed by atoms with Crippen molar-refractivity contribution < 1.29 is 0 Å². The van der Waals surface area contributed by atoms with E-state index in [1.54, 1.807) is 0 Å². The minimum absolute atomic E-state index is 1.15. The van der Waals surface area contributed by atoms with Gasteiger partial charge in [-0.2, -0.15) is 5.10 Å². The molecule has 0 aliphatic heterocycles. The van der Waals surface area contributed by atoms with Crippen LogP contribution in [0.1, 0.15) is 5.56 Å².